The second-order valence-corrected chi connectivity index (χ2v) is 4.91. The molecule has 18 heavy (non-hydrogen) atoms. The van der Waals surface area contributed by atoms with Crippen molar-refractivity contribution in [3.05, 3.63) is 0 Å². The van der Waals surface area contributed by atoms with Gasteiger partial charge in [-0.25, -0.2) is 0 Å². The van der Waals surface area contributed by atoms with Crippen LogP contribution in [-0.2, 0) is 14.3 Å². The molecule has 0 aliphatic heterocycles. The zero-order valence-electron chi connectivity index (χ0n) is 11.3. The van der Waals surface area contributed by atoms with Gasteiger partial charge in [0.25, 0.3) is 0 Å². The maximum atomic E-state index is 11.8. The average molecular weight is 277 g/mol. The van der Waals surface area contributed by atoms with Crippen LogP contribution in [-0.4, -0.2) is 68.6 Å². The topological polar surface area (TPSA) is 84.7 Å². The van der Waals surface area contributed by atoms with E-state index in [1.165, 1.54) is 4.90 Å². The predicted molar refractivity (Wildman–Crippen MR) is 73.5 cm³/mol. The number of nitrogens with two attached hydrogens (primary N) is 1. The Morgan fingerprint density at radius 2 is 2.17 bits per heavy atom. The van der Waals surface area contributed by atoms with Crippen molar-refractivity contribution in [2.24, 2.45) is 5.73 Å². The summed E-state index contributed by atoms with van der Waals surface area (Å²) in [5, 5.41) is 2.65. The third-order valence-corrected chi connectivity index (χ3v) is 2.98. The minimum absolute atomic E-state index is 0.0233. The van der Waals surface area contributed by atoms with Crippen LogP contribution < -0.4 is 11.1 Å². The van der Waals surface area contributed by atoms with E-state index >= 15 is 0 Å². The van der Waals surface area contributed by atoms with Gasteiger partial charge in [-0.2, -0.15) is 11.8 Å². The third kappa shape index (κ3) is 7.52. The maximum Gasteiger partial charge on any atom is 0.239 e. The summed E-state index contributed by atoms with van der Waals surface area (Å²) in [6.45, 7) is 0.919. The van der Waals surface area contributed by atoms with Gasteiger partial charge >= 0.3 is 0 Å². The molecule has 0 aromatic rings. The van der Waals surface area contributed by atoms with Crippen molar-refractivity contribution in [1.29, 1.82) is 0 Å². The van der Waals surface area contributed by atoms with Crippen LogP contribution in [0.5, 0.6) is 0 Å². The van der Waals surface area contributed by atoms with Crippen LogP contribution >= 0.6 is 11.8 Å². The highest BCUT2D eigenvalue weighted by Crippen LogP contribution is 2.01. The van der Waals surface area contributed by atoms with Crippen LogP contribution in [0.25, 0.3) is 0 Å². The molecule has 0 rings (SSSR count). The minimum atomic E-state index is -0.533. The summed E-state index contributed by atoms with van der Waals surface area (Å²) in [6.07, 6.45) is 2.58. The normalized spacial score (nSPS) is 12.0. The van der Waals surface area contributed by atoms with Gasteiger partial charge < -0.3 is 20.7 Å². The summed E-state index contributed by atoms with van der Waals surface area (Å²) in [7, 11) is 3.14. The summed E-state index contributed by atoms with van der Waals surface area (Å²) in [6, 6.07) is -0.533. The number of carbonyl (C=O) groups excluding carboxylic acids is 2. The minimum Gasteiger partial charge on any atom is -0.383 e. The van der Waals surface area contributed by atoms with E-state index in [1.54, 1.807) is 25.9 Å². The van der Waals surface area contributed by atoms with Crippen LogP contribution in [0.4, 0.5) is 0 Å². The molecule has 0 aliphatic rings. The van der Waals surface area contributed by atoms with Crippen molar-refractivity contribution in [1.82, 2.24) is 10.2 Å². The molecule has 0 heterocycles. The third-order valence-electron chi connectivity index (χ3n) is 2.34. The number of nitrogens with zero attached hydrogens (tertiary/aromatic N) is 1. The first kappa shape index (κ1) is 17.2. The molecule has 2 amide bonds. The summed E-state index contributed by atoms with van der Waals surface area (Å²) in [5.41, 5.74) is 5.75. The predicted octanol–water partition coefficient (Wildman–Crippen LogP) is -0.712. The van der Waals surface area contributed by atoms with Crippen LogP contribution in [0.1, 0.15) is 6.42 Å². The number of rotatable bonds is 9. The molecule has 0 aromatic carbocycles. The lowest BCUT2D eigenvalue weighted by atomic mass is 10.2. The van der Waals surface area contributed by atoms with Crippen LogP contribution in [0, 0.1) is 0 Å². The molecule has 0 saturated carbocycles. The van der Waals surface area contributed by atoms with E-state index in [2.05, 4.69) is 5.32 Å². The van der Waals surface area contributed by atoms with E-state index in [4.69, 9.17) is 10.5 Å². The summed E-state index contributed by atoms with van der Waals surface area (Å²) < 4.78 is 4.81. The number of ether oxygens (including phenoxy) is 1. The Labute approximate surface area is 113 Å². The van der Waals surface area contributed by atoms with E-state index in [1.807, 2.05) is 6.26 Å². The Morgan fingerprint density at radius 3 is 2.72 bits per heavy atom. The molecule has 0 spiro atoms. The fraction of sp³-hybridized carbons (Fsp3) is 0.818. The Kier molecular flexibility index (Phi) is 9.72. The van der Waals surface area contributed by atoms with Gasteiger partial charge in [-0.05, 0) is 18.4 Å². The molecule has 106 valence electrons. The van der Waals surface area contributed by atoms with Gasteiger partial charge in [0.15, 0.2) is 0 Å². The molecule has 3 N–H and O–H groups in total. The SMILES string of the molecule is COCCNC(=O)CN(C)C(=O)[C@@H](N)CCSC. The van der Waals surface area contributed by atoms with E-state index in [9.17, 15) is 9.59 Å². The molecule has 0 fully saturated rings. The van der Waals surface area contributed by atoms with Gasteiger partial charge in [0, 0.05) is 20.7 Å². The molecule has 0 saturated heterocycles. The standard InChI is InChI=1S/C11H23N3O3S/c1-14(8-10(15)13-5-6-17-2)11(16)9(12)4-7-18-3/h9H,4-8,12H2,1-3H3,(H,13,15)/t9-/m0/s1. The molecular weight excluding hydrogens is 254 g/mol. The van der Waals surface area contributed by atoms with E-state index in [0.717, 1.165) is 5.75 Å². The van der Waals surface area contributed by atoms with Crippen molar-refractivity contribution < 1.29 is 14.3 Å². The Bertz CT molecular complexity index is 264. The lowest BCUT2D eigenvalue weighted by molar-refractivity contribution is -0.135. The fourth-order valence-electron chi connectivity index (χ4n) is 1.29. The number of amides is 2. The van der Waals surface area contributed by atoms with E-state index in [0.29, 0.717) is 19.6 Å². The first-order valence-corrected chi connectivity index (χ1v) is 7.17. The summed E-state index contributed by atoms with van der Waals surface area (Å²) in [4.78, 5) is 24.6. The van der Waals surface area contributed by atoms with E-state index in [-0.39, 0.29) is 18.4 Å². The molecule has 0 bridgehead atoms. The second kappa shape index (κ2) is 10.2. The smallest absolute Gasteiger partial charge is 0.239 e. The number of nitrogens with one attached hydrogen (secondary N) is 1. The number of hydrogen-bond donors (Lipinski definition) is 2. The zero-order valence-corrected chi connectivity index (χ0v) is 12.1. The van der Waals surface area contributed by atoms with Crippen molar-refractivity contribution in [2.75, 3.05) is 45.9 Å². The van der Waals surface area contributed by atoms with Crippen molar-refractivity contribution in [3.8, 4) is 0 Å². The molecule has 0 radical (unpaired) electrons. The fourth-order valence-corrected chi connectivity index (χ4v) is 1.78. The van der Waals surface area contributed by atoms with Gasteiger partial charge in [0.1, 0.15) is 0 Å². The van der Waals surface area contributed by atoms with Gasteiger partial charge in [0.2, 0.25) is 11.8 Å². The Morgan fingerprint density at radius 1 is 1.50 bits per heavy atom. The van der Waals surface area contributed by atoms with Crippen LogP contribution in [0.2, 0.25) is 0 Å². The molecule has 0 aliphatic carbocycles. The van der Waals surface area contributed by atoms with Crippen molar-refractivity contribution in [3.63, 3.8) is 0 Å². The molecule has 7 heteroatoms. The molecule has 0 aromatic heterocycles. The Balaban J connectivity index is 3.95. The number of carbonyl (C=O) groups is 2. The second-order valence-electron chi connectivity index (χ2n) is 3.93. The van der Waals surface area contributed by atoms with Crippen molar-refractivity contribution in [2.45, 2.75) is 12.5 Å². The summed E-state index contributed by atoms with van der Waals surface area (Å²) >= 11 is 1.64. The number of thioether (sulfide) groups is 1. The molecule has 1 atom stereocenters. The zero-order chi connectivity index (χ0) is 14.0. The first-order valence-electron chi connectivity index (χ1n) is 5.78. The maximum absolute atomic E-state index is 11.8. The van der Waals surface area contributed by atoms with Gasteiger partial charge in [-0.15, -0.1) is 0 Å². The van der Waals surface area contributed by atoms with Gasteiger partial charge in [0.05, 0.1) is 19.2 Å². The van der Waals surface area contributed by atoms with Gasteiger partial charge in [-0.3, -0.25) is 9.59 Å². The summed E-state index contributed by atoms with van der Waals surface area (Å²) in [5.74, 6) is 0.423. The number of hydrogen-bond acceptors (Lipinski definition) is 5. The lowest BCUT2D eigenvalue weighted by Crippen LogP contribution is -2.46. The Hall–Kier alpha value is -0.790. The average Bonchev–Trinajstić information content (AvgIpc) is 2.35. The first-order chi connectivity index (χ1) is 8.52. The van der Waals surface area contributed by atoms with Crippen molar-refractivity contribution >= 4 is 23.6 Å². The monoisotopic (exact) mass is 277 g/mol. The highest BCUT2D eigenvalue weighted by atomic mass is 32.2. The molecule has 6 nitrogen and oxygen atoms in total. The van der Waals surface area contributed by atoms with E-state index < -0.39 is 6.04 Å². The molecular formula is C11H23N3O3S. The lowest BCUT2D eigenvalue weighted by Gasteiger charge is -2.20. The van der Waals surface area contributed by atoms with Crippen LogP contribution in [0.15, 0.2) is 0 Å². The van der Waals surface area contributed by atoms with Crippen LogP contribution in [0.3, 0.4) is 0 Å². The number of likely N-dealkylation sites (N-methyl/N-ethyl adjacent to an activating group) is 1. The van der Waals surface area contributed by atoms with Gasteiger partial charge in [-0.1, -0.05) is 0 Å². The largest absolute Gasteiger partial charge is 0.383 e. The highest BCUT2D eigenvalue weighted by Gasteiger charge is 2.19. The molecule has 0 unspecified atom stereocenters. The number of methoxy groups -OCH3 is 1. The quantitative estimate of drug-likeness (QED) is 0.544. The highest BCUT2D eigenvalue weighted by molar-refractivity contribution is 7.98.